The number of aryl methyl sites for hydroxylation is 1. The van der Waals surface area contributed by atoms with Crippen molar-refractivity contribution >= 4 is 28.0 Å². The number of amides is 1. The molecule has 0 atom stereocenters. The van der Waals surface area contributed by atoms with Gasteiger partial charge in [-0.05, 0) is 19.1 Å². The Labute approximate surface area is 194 Å². The van der Waals surface area contributed by atoms with E-state index in [4.69, 9.17) is 4.74 Å². The van der Waals surface area contributed by atoms with E-state index < -0.39 is 0 Å². The van der Waals surface area contributed by atoms with Crippen LogP contribution in [-0.2, 0) is 4.79 Å². The van der Waals surface area contributed by atoms with Crippen molar-refractivity contribution < 1.29 is 9.53 Å². The lowest BCUT2D eigenvalue weighted by molar-refractivity contribution is -0.133. The van der Waals surface area contributed by atoms with E-state index in [0.717, 1.165) is 10.6 Å². The molecule has 1 saturated heterocycles. The molecule has 168 valence electrons. The molecule has 3 heterocycles. The molecule has 33 heavy (non-hydrogen) atoms. The van der Waals surface area contributed by atoms with Crippen LogP contribution in [0.5, 0.6) is 5.75 Å². The summed E-state index contributed by atoms with van der Waals surface area (Å²) >= 11 is 1.39. The van der Waals surface area contributed by atoms with Gasteiger partial charge in [0.25, 0.3) is 11.5 Å². The van der Waals surface area contributed by atoms with Gasteiger partial charge in [0, 0.05) is 37.8 Å². The Morgan fingerprint density at radius 3 is 2.48 bits per heavy atom. The molecule has 9 heteroatoms. The Bertz CT molecular complexity index is 1330. The Hall–Kier alpha value is -3.72. The second kappa shape index (κ2) is 9.03. The van der Waals surface area contributed by atoms with Crippen LogP contribution in [-0.4, -0.2) is 58.2 Å². The molecule has 0 spiro atoms. The number of carbonyl (C=O) groups excluding carboxylic acids is 1. The maximum Gasteiger partial charge on any atom is 0.277 e. The highest BCUT2D eigenvalue weighted by atomic mass is 32.1. The minimum Gasteiger partial charge on any atom is -0.484 e. The van der Waals surface area contributed by atoms with Gasteiger partial charge in [0.15, 0.2) is 6.61 Å². The summed E-state index contributed by atoms with van der Waals surface area (Å²) in [4.78, 5) is 34.3. The van der Waals surface area contributed by atoms with Crippen molar-refractivity contribution in [3.8, 4) is 16.3 Å². The number of ether oxygens (including phenoxy) is 1. The lowest BCUT2D eigenvalue weighted by Gasteiger charge is -2.35. The lowest BCUT2D eigenvalue weighted by atomic mass is 10.2. The Kier molecular flexibility index (Phi) is 5.78. The van der Waals surface area contributed by atoms with Gasteiger partial charge in [-0.3, -0.25) is 9.59 Å². The number of rotatable bonds is 5. The predicted molar refractivity (Wildman–Crippen MR) is 128 cm³/mol. The second-order valence-electron chi connectivity index (χ2n) is 7.89. The fourth-order valence-electron chi connectivity index (χ4n) is 3.71. The third kappa shape index (κ3) is 4.58. The van der Waals surface area contributed by atoms with E-state index in [9.17, 15) is 9.59 Å². The third-order valence-corrected chi connectivity index (χ3v) is 6.55. The van der Waals surface area contributed by atoms with Crippen LogP contribution in [0.2, 0.25) is 0 Å². The largest absolute Gasteiger partial charge is 0.484 e. The van der Waals surface area contributed by atoms with E-state index in [1.54, 1.807) is 4.90 Å². The number of carbonyl (C=O) groups is 1. The Morgan fingerprint density at radius 1 is 1.03 bits per heavy atom. The summed E-state index contributed by atoms with van der Waals surface area (Å²) in [5, 5.41) is 5.21. The molecule has 2 aromatic carbocycles. The first-order valence-electron chi connectivity index (χ1n) is 10.8. The van der Waals surface area contributed by atoms with Gasteiger partial charge in [-0.15, -0.1) is 0 Å². The minimum absolute atomic E-state index is 0.0121. The van der Waals surface area contributed by atoms with Crippen LogP contribution in [0.3, 0.4) is 0 Å². The summed E-state index contributed by atoms with van der Waals surface area (Å²) in [6.07, 6.45) is 0. The molecule has 4 aromatic rings. The molecule has 0 radical (unpaired) electrons. The number of piperazine rings is 1. The zero-order valence-electron chi connectivity index (χ0n) is 18.2. The van der Waals surface area contributed by atoms with E-state index in [1.165, 1.54) is 27.5 Å². The summed E-state index contributed by atoms with van der Waals surface area (Å²) in [5.41, 5.74) is 1.92. The minimum atomic E-state index is -0.209. The van der Waals surface area contributed by atoms with Crippen molar-refractivity contribution in [3.05, 3.63) is 76.6 Å². The number of hydrogen-bond acceptors (Lipinski definition) is 7. The first-order chi connectivity index (χ1) is 16.1. The SMILES string of the molecule is Cc1ccc(-c2nn3c(=O)cc(N4CCN(C(=O)COc5ccccc5)CC4)nc3s2)cc1. The molecule has 0 N–H and O–H groups in total. The number of aromatic nitrogens is 3. The number of benzene rings is 2. The molecular weight excluding hydrogens is 438 g/mol. The lowest BCUT2D eigenvalue weighted by Crippen LogP contribution is -2.50. The van der Waals surface area contributed by atoms with Gasteiger partial charge in [-0.25, -0.2) is 4.98 Å². The van der Waals surface area contributed by atoms with E-state index in [-0.39, 0.29) is 18.1 Å². The van der Waals surface area contributed by atoms with Crippen molar-refractivity contribution in [2.24, 2.45) is 0 Å². The molecule has 1 aliphatic rings. The van der Waals surface area contributed by atoms with E-state index in [1.807, 2.05) is 66.4 Å². The summed E-state index contributed by atoms with van der Waals surface area (Å²) < 4.78 is 6.93. The maximum absolute atomic E-state index is 12.7. The van der Waals surface area contributed by atoms with E-state index in [2.05, 4.69) is 10.1 Å². The standard InChI is InChI=1S/C24H23N5O3S/c1-17-7-9-18(10-8-17)23-26-29-21(30)15-20(25-24(29)33-23)27-11-13-28(14-12-27)22(31)16-32-19-5-3-2-4-6-19/h2-10,15H,11-14,16H2,1H3. The van der Waals surface area contributed by atoms with Gasteiger partial charge in [-0.2, -0.15) is 9.61 Å². The number of nitrogens with zero attached hydrogens (tertiary/aromatic N) is 5. The van der Waals surface area contributed by atoms with Gasteiger partial charge < -0.3 is 14.5 Å². The Morgan fingerprint density at radius 2 is 1.76 bits per heavy atom. The highest BCUT2D eigenvalue weighted by molar-refractivity contribution is 7.19. The average Bonchev–Trinajstić information content (AvgIpc) is 3.29. The van der Waals surface area contributed by atoms with Crippen molar-refractivity contribution in [2.45, 2.75) is 6.92 Å². The quantitative estimate of drug-likeness (QED) is 0.455. The van der Waals surface area contributed by atoms with E-state index >= 15 is 0 Å². The van der Waals surface area contributed by atoms with Crippen molar-refractivity contribution in [1.29, 1.82) is 0 Å². The molecule has 1 aliphatic heterocycles. The zero-order valence-corrected chi connectivity index (χ0v) is 19.0. The van der Waals surface area contributed by atoms with Crippen LogP contribution in [0.4, 0.5) is 5.82 Å². The number of fused-ring (bicyclic) bond motifs is 1. The van der Waals surface area contributed by atoms with Crippen LogP contribution in [0, 0.1) is 6.92 Å². The van der Waals surface area contributed by atoms with Gasteiger partial charge in [-0.1, -0.05) is 59.4 Å². The molecule has 8 nitrogen and oxygen atoms in total. The summed E-state index contributed by atoms with van der Waals surface area (Å²) in [6, 6.07) is 18.9. The molecule has 0 unspecified atom stereocenters. The first kappa shape index (κ1) is 21.1. The highest BCUT2D eigenvalue weighted by Gasteiger charge is 2.23. The normalized spacial score (nSPS) is 14.0. The van der Waals surface area contributed by atoms with Gasteiger partial charge in [0.1, 0.15) is 16.6 Å². The summed E-state index contributed by atoms with van der Waals surface area (Å²) in [6.45, 7) is 4.35. The number of para-hydroxylation sites is 1. The molecule has 5 rings (SSSR count). The molecule has 0 aliphatic carbocycles. The second-order valence-corrected chi connectivity index (χ2v) is 8.85. The summed E-state index contributed by atoms with van der Waals surface area (Å²) in [5.74, 6) is 1.25. The molecule has 0 saturated carbocycles. The van der Waals surface area contributed by atoms with Crippen molar-refractivity contribution in [1.82, 2.24) is 19.5 Å². The average molecular weight is 462 g/mol. The van der Waals surface area contributed by atoms with Crippen LogP contribution >= 0.6 is 11.3 Å². The van der Waals surface area contributed by atoms with Gasteiger partial charge in [0.2, 0.25) is 4.96 Å². The van der Waals surface area contributed by atoms with Crippen LogP contribution in [0.15, 0.2) is 65.5 Å². The predicted octanol–water partition coefficient (Wildman–Crippen LogP) is 2.85. The number of hydrogen-bond donors (Lipinski definition) is 0. The van der Waals surface area contributed by atoms with Crippen LogP contribution < -0.4 is 15.2 Å². The Balaban J connectivity index is 1.26. The topological polar surface area (TPSA) is 80.0 Å². The molecule has 2 aromatic heterocycles. The highest BCUT2D eigenvalue weighted by Crippen LogP contribution is 2.25. The van der Waals surface area contributed by atoms with E-state index in [0.29, 0.717) is 42.7 Å². The third-order valence-electron chi connectivity index (χ3n) is 5.59. The van der Waals surface area contributed by atoms with Crippen molar-refractivity contribution in [3.63, 3.8) is 0 Å². The van der Waals surface area contributed by atoms with Crippen molar-refractivity contribution in [2.75, 3.05) is 37.7 Å². The molecular formula is C24H23N5O3S. The maximum atomic E-state index is 12.7. The zero-order chi connectivity index (χ0) is 22.8. The smallest absolute Gasteiger partial charge is 0.277 e. The van der Waals surface area contributed by atoms with Crippen LogP contribution in [0.25, 0.3) is 15.5 Å². The number of anilines is 1. The fourth-order valence-corrected chi connectivity index (χ4v) is 4.62. The molecule has 1 amide bonds. The molecule has 0 bridgehead atoms. The molecule has 1 fully saturated rings. The fraction of sp³-hybridized carbons (Fsp3) is 0.250. The van der Waals surface area contributed by atoms with Crippen LogP contribution in [0.1, 0.15) is 5.56 Å². The summed E-state index contributed by atoms with van der Waals surface area (Å²) in [7, 11) is 0. The monoisotopic (exact) mass is 461 g/mol. The van der Waals surface area contributed by atoms with Gasteiger partial charge in [0.05, 0.1) is 0 Å². The van der Waals surface area contributed by atoms with Gasteiger partial charge >= 0.3 is 0 Å². The first-order valence-corrected chi connectivity index (χ1v) is 11.6.